The topological polar surface area (TPSA) is 41.4 Å². The molecular weight excluding hydrogens is 324 g/mol. The highest BCUT2D eigenvalue weighted by Crippen LogP contribution is 2.23. The smallest absolute Gasteiger partial charge is 0.253 e. The molecule has 2 fully saturated rings. The van der Waals surface area contributed by atoms with Gasteiger partial charge in [-0.2, -0.15) is 0 Å². The molecular formula is C21H28N4O. The summed E-state index contributed by atoms with van der Waals surface area (Å²) in [5, 5.41) is 0. The van der Waals surface area contributed by atoms with Crippen molar-refractivity contribution in [1.29, 1.82) is 0 Å². The van der Waals surface area contributed by atoms with Crippen LogP contribution in [0.3, 0.4) is 0 Å². The normalized spacial score (nSPS) is 20.6. The number of benzene rings is 1. The molecule has 2 saturated heterocycles. The van der Waals surface area contributed by atoms with E-state index >= 15 is 0 Å². The fraction of sp³-hybridized carbons (Fsp3) is 0.524. The molecule has 3 heterocycles. The van der Waals surface area contributed by atoms with Crippen LogP contribution in [0, 0.1) is 12.8 Å². The maximum absolute atomic E-state index is 12.9. The molecule has 0 unspecified atom stereocenters. The molecule has 0 aliphatic carbocycles. The van der Waals surface area contributed by atoms with Crippen LogP contribution < -0.4 is 4.90 Å². The predicted octanol–water partition coefficient (Wildman–Crippen LogP) is 3.34. The van der Waals surface area contributed by atoms with Crippen LogP contribution >= 0.6 is 0 Å². The second kappa shape index (κ2) is 7.52. The van der Waals surface area contributed by atoms with Gasteiger partial charge in [-0.1, -0.05) is 0 Å². The van der Waals surface area contributed by atoms with E-state index < -0.39 is 0 Å². The van der Waals surface area contributed by atoms with E-state index in [0.29, 0.717) is 5.92 Å². The van der Waals surface area contributed by atoms with Crippen LogP contribution in [0.15, 0.2) is 36.7 Å². The van der Waals surface area contributed by atoms with E-state index in [1.165, 1.54) is 24.9 Å². The summed E-state index contributed by atoms with van der Waals surface area (Å²) >= 11 is 0. The highest BCUT2D eigenvalue weighted by Gasteiger charge is 2.25. The van der Waals surface area contributed by atoms with Crippen LogP contribution in [0.2, 0.25) is 0 Å². The first-order chi connectivity index (χ1) is 12.7. The maximum Gasteiger partial charge on any atom is 0.253 e. The van der Waals surface area contributed by atoms with E-state index in [0.717, 1.165) is 50.5 Å². The molecule has 5 nitrogen and oxygen atoms in total. The molecule has 138 valence electrons. The number of carbonyl (C=O) groups is 1. The SMILES string of the molecule is Cc1nccn1C[C@@H]1CCCN(C(=O)c2ccc(N3CCCC3)cc2)C1. The molecule has 0 spiro atoms. The number of aromatic nitrogens is 2. The molecule has 0 N–H and O–H groups in total. The minimum atomic E-state index is 0.171. The lowest BCUT2D eigenvalue weighted by molar-refractivity contribution is 0.0662. The molecule has 26 heavy (non-hydrogen) atoms. The van der Waals surface area contributed by atoms with E-state index in [-0.39, 0.29) is 5.91 Å². The summed E-state index contributed by atoms with van der Waals surface area (Å²) in [4.78, 5) is 21.7. The third-order valence-corrected chi connectivity index (χ3v) is 5.77. The Morgan fingerprint density at radius 1 is 1.12 bits per heavy atom. The number of aryl methyl sites for hydroxylation is 1. The highest BCUT2D eigenvalue weighted by molar-refractivity contribution is 5.94. The lowest BCUT2D eigenvalue weighted by Crippen LogP contribution is -2.41. The fourth-order valence-corrected chi connectivity index (χ4v) is 4.25. The number of amides is 1. The fourth-order valence-electron chi connectivity index (χ4n) is 4.25. The summed E-state index contributed by atoms with van der Waals surface area (Å²) in [5.41, 5.74) is 2.05. The van der Waals surface area contributed by atoms with E-state index in [4.69, 9.17) is 0 Å². The van der Waals surface area contributed by atoms with Crippen molar-refractivity contribution in [3.05, 3.63) is 48.0 Å². The summed E-state index contributed by atoms with van der Waals surface area (Å²) in [7, 11) is 0. The number of piperidine rings is 1. The predicted molar refractivity (Wildman–Crippen MR) is 103 cm³/mol. The van der Waals surface area contributed by atoms with Gasteiger partial charge in [0.05, 0.1) is 0 Å². The minimum Gasteiger partial charge on any atom is -0.372 e. The summed E-state index contributed by atoms with van der Waals surface area (Å²) in [6.45, 7) is 6.96. The van der Waals surface area contributed by atoms with Gasteiger partial charge in [-0.3, -0.25) is 4.79 Å². The Hall–Kier alpha value is -2.30. The van der Waals surface area contributed by atoms with Gasteiger partial charge in [0.15, 0.2) is 0 Å². The van der Waals surface area contributed by atoms with E-state index in [1.807, 2.05) is 36.4 Å². The Bertz CT molecular complexity index is 746. The number of carbonyl (C=O) groups excluding carboxylic acids is 1. The number of imidazole rings is 1. The zero-order chi connectivity index (χ0) is 17.9. The van der Waals surface area contributed by atoms with Gasteiger partial charge in [0.1, 0.15) is 5.82 Å². The van der Waals surface area contributed by atoms with Gasteiger partial charge in [0.25, 0.3) is 5.91 Å². The van der Waals surface area contributed by atoms with Gasteiger partial charge in [0, 0.05) is 56.4 Å². The van der Waals surface area contributed by atoms with Gasteiger partial charge in [-0.25, -0.2) is 4.98 Å². The summed E-state index contributed by atoms with van der Waals surface area (Å²) in [6.07, 6.45) is 8.68. The largest absolute Gasteiger partial charge is 0.372 e. The third kappa shape index (κ3) is 3.62. The van der Waals surface area contributed by atoms with Crippen molar-refractivity contribution in [2.45, 2.75) is 39.2 Å². The first-order valence-corrected chi connectivity index (χ1v) is 9.83. The zero-order valence-electron chi connectivity index (χ0n) is 15.6. The van der Waals surface area contributed by atoms with Crippen LogP contribution in [0.4, 0.5) is 5.69 Å². The molecule has 5 heteroatoms. The van der Waals surface area contributed by atoms with Crippen LogP contribution in [0.25, 0.3) is 0 Å². The van der Waals surface area contributed by atoms with Gasteiger partial charge < -0.3 is 14.4 Å². The van der Waals surface area contributed by atoms with Crippen LogP contribution in [-0.4, -0.2) is 46.5 Å². The quantitative estimate of drug-likeness (QED) is 0.847. The molecule has 2 aromatic rings. The third-order valence-electron chi connectivity index (χ3n) is 5.77. The molecule has 1 aromatic heterocycles. The van der Waals surface area contributed by atoms with Crippen molar-refractivity contribution in [3.8, 4) is 0 Å². The Balaban J connectivity index is 1.39. The molecule has 2 aliphatic rings. The lowest BCUT2D eigenvalue weighted by atomic mass is 9.97. The molecule has 0 bridgehead atoms. The molecule has 0 radical (unpaired) electrons. The summed E-state index contributed by atoms with van der Waals surface area (Å²) in [6, 6.07) is 8.21. The number of hydrogen-bond donors (Lipinski definition) is 0. The first kappa shape index (κ1) is 17.1. The molecule has 1 aromatic carbocycles. The zero-order valence-corrected chi connectivity index (χ0v) is 15.6. The Morgan fingerprint density at radius 3 is 2.58 bits per heavy atom. The molecule has 1 atom stereocenters. The lowest BCUT2D eigenvalue weighted by Gasteiger charge is -2.33. The highest BCUT2D eigenvalue weighted by atomic mass is 16.2. The van der Waals surface area contributed by atoms with Gasteiger partial charge >= 0.3 is 0 Å². The molecule has 2 aliphatic heterocycles. The van der Waals surface area contributed by atoms with Gasteiger partial charge in [-0.05, 0) is 62.8 Å². The second-order valence-electron chi connectivity index (χ2n) is 7.63. The molecule has 4 rings (SSSR count). The minimum absolute atomic E-state index is 0.171. The number of likely N-dealkylation sites (tertiary alicyclic amines) is 1. The van der Waals surface area contributed by atoms with Gasteiger partial charge in [0.2, 0.25) is 0 Å². The van der Waals surface area contributed by atoms with Crippen molar-refractivity contribution >= 4 is 11.6 Å². The molecule has 0 saturated carbocycles. The number of rotatable bonds is 4. The average Bonchev–Trinajstić information content (AvgIpc) is 3.34. The van der Waals surface area contributed by atoms with E-state index in [9.17, 15) is 4.79 Å². The molecule has 1 amide bonds. The van der Waals surface area contributed by atoms with Crippen LogP contribution in [0.5, 0.6) is 0 Å². The first-order valence-electron chi connectivity index (χ1n) is 9.83. The van der Waals surface area contributed by atoms with Crippen molar-refractivity contribution < 1.29 is 4.79 Å². The van der Waals surface area contributed by atoms with E-state index in [2.05, 4.69) is 26.6 Å². The monoisotopic (exact) mass is 352 g/mol. The average molecular weight is 352 g/mol. The van der Waals surface area contributed by atoms with Crippen molar-refractivity contribution in [2.75, 3.05) is 31.1 Å². The van der Waals surface area contributed by atoms with E-state index in [1.54, 1.807) is 0 Å². The number of nitrogens with zero attached hydrogens (tertiary/aromatic N) is 4. The van der Waals surface area contributed by atoms with Crippen LogP contribution in [0.1, 0.15) is 41.9 Å². The summed E-state index contributed by atoms with van der Waals surface area (Å²) in [5.74, 6) is 1.72. The summed E-state index contributed by atoms with van der Waals surface area (Å²) < 4.78 is 2.20. The number of anilines is 1. The van der Waals surface area contributed by atoms with Crippen molar-refractivity contribution in [3.63, 3.8) is 0 Å². The van der Waals surface area contributed by atoms with Gasteiger partial charge in [-0.15, -0.1) is 0 Å². The van der Waals surface area contributed by atoms with Crippen molar-refractivity contribution in [1.82, 2.24) is 14.5 Å². The Kier molecular flexibility index (Phi) is 4.96. The van der Waals surface area contributed by atoms with Crippen molar-refractivity contribution in [2.24, 2.45) is 5.92 Å². The standard InChI is InChI=1S/C21H28N4O/c1-17-22-10-14-24(17)15-18-5-4-13-25(16-18)21(26)19-6-8-20(9-7-19)23-11-2-3-12-23/h6-10,14,18H,2-5,11-13,15-16H2,1H3/t18-/m0/s1. The van der Waals surface area contributed by atoms with Crippen LogP contribution in [-0.2, 0) is 6.54 Å². The Labute approximate surface area is 155 Å². The second-order valence-corrected chi connectivity index (χ2v) is 7.63. The number of hydrogen-bond acceptors (Lipinski definition) is 3. The Morgan fingerprint density at radius 2 is 1.88 bits per heavy atom. The maximum atomic E-state index is 12.9.